The topological polar surface area (TPSA) is 15.3 Å². The number of benzene rings is 1. The lowest BCUT2D eigenvalue weighted by Crippen LogP contribution is -2.34. The molecule has 0 saturated heterocycles. The maximum absolute atomic E-state index is 13.7. The van der Waals surface area contributed by atoms with Crippen molar-refractivity contribution in [1.82, 2.24) is 10.2 Å². The number of nitrogens with one attached hydrogen (secondary N) is 1. The maximum atomic E-state index is 13.7. The second kappa shape index (κ2) is 7.87. The van der Waals surface area contributed by atoms with E-state index in [9.17, 15) is 4.39 Å². The Morgan fingerprint density at radius 3 is 2.67 bits per heavy atom. The molecule has 0 spiro atoms. The van der Waals surface area contributed by atoms with Crippen LogP contribution in [0, 0.1) is 5.82 Å². The monoisotopic (exact) mass is 316 g/mol. The van der Waals surface area contributed by atoms with Gasteiger partial charge in [-0.1, -0.05) is 42.8 Å². The Morgan fingerprint density at radius 2 is 2.11 bits per heavy atom. The minimum absolute atomic E-state index is 0.139. The van der Waals surface area contributed by atoms with Crippen molar-refractivity contribution in [2.75, 3.05) is 19.6 Å². The van der Waals surface area contributed by atoms with Gasteiger partial charge in [0.05, 0.1) is 0 Å². The number of hydrogen-bond acceptors (Lipinski definition) is 2. The van der Waals surface area contributed by atoms with Crippen molar-refractivity contribution in [3.05, 3.63) is 34.1 Å². The van der Waals surface area contributed by atoms with Gasteiger partial charge in [-0.3, -0.25) is 4.90 Å². The SMILES string of the molecule is CCN(CCNC(C)C)Cc1ccc(Br)cc1F. The van der Waals surface area contributed by atoms with E-state index in [0.717, 1.165) is 29.7 Å². The summed E-state index contributed by atoms with van der Waals surface area (Å²) in [6.07, 6.45) is 0. The van der Waals surface area contributed by atoms with Crippen LogP contribution in [0.2, 0.25) is 0 Å². The average Bonchev–Trinajstić information content (AvgIpc) is 2.30. The van der Waals surface area contributed by atoms with Crippen LogP contribution in [-0.4, -0.2) is 30.6 Å². The van der Waals surface area contributed by atoms with Crippen LogP contribution in [0.3, 0.4) is 0 Å². The van der Waals surface area contributed by atoms with E-state index < -0.39 is 0 Å². The van der Waals surface area contributed by atoms with E-state index in [1.165, 1.54) is 6.07 Å². The predicted octanol–water partition coefficient (Wildman–Crippen LogP) is 3.41. The molecule has 0 saturated carbocycles. The standard InChI is InChI=1S/C14H22BrFN2/c1-4-18(8-7-17-11(2)3)10-12-5-6-13(15)9-14(12)16/h5-6,9,11,17H,4,7-8,10H2,1-3H3. The lowest BCUT2D eigenvalue weighted by molar-refractivity contribution is 0.272. The second-order valence-electron chi connectivity index (χ2n) is 4.71. The molecule has 4 heteroatoms. The van der Waals surface area contributed by atoms with Gasteiger partial charge < -0.3 is 5.32 Å². The Kier molecular flexibility index (Phi) is 6.82. The van der Waals surface area contributed by atoms with E-state index in [0.29, 0.717) is 12.6 Å². The molecule has 0 radical (unpaired) electrons. The smallest absolute Gasteiger partial charge is 0.128 e. The van der Waals surface area contributed by atoms with E-state index >= 15 is 0 Å². The van der Waals surface area contributed by atoms with Crippen LogP contribution in [0.25, 0.3) is 0 Å². The number of rotatable bonds is 7. The number of halogens is 2. The van der Waals surface area contributed by atoms with Gasteiger partial charge >= 0.3 is 0 Å². The van der Waals surface area contributed by atoms with Crippen LogP contribution in [0.5, 0.6) is 0 Å². The largest absolute Gasteiger partial charge is 0.313 e. The highest BCUT2D eigenvalue weighted by molar-refractivity contribution is 9.10. The molecule has 1 N–H and O–H groups in total. The van der Waals surface area contributed by atoms with Crippen molar-refractivity contribution < 1.29 is 4.39 Å². The maximum Gasteiger partial charge on any atom is 0.128 e. The molecule has 1 rings (SSSR count). The minimum Gasteiger partial charge on any atom is -0.313 e. The molecule has 18 heavy (non-hydrogen) atoms. The fraction of sp³-hybridized carbons (Fsp3) is 0.571. The van der Waals surface area contributed by atoms with E-state index in [1.54, 1.807) is 0 Å². The first-order chi connectivity index (χ1) is 8.52. The zero-order valence-corrected chi connectivity index (χ0v) is 12.9. The predicted molar refractivity (Wildman–Crippen MR) is 78.2 cm³/mol. The first-order valence-corrected chi connectivity index (χ1v) is 7.22. The van der Waals surface area contributed by atoms with E-state index in [2.05, 4.69) is 46.9 Å². The molecular weight excluding hydrogens is 295 g/mol. The van der Waals surface area contributed by atoms with Crippen LogP contribution >= 0.6 is 15.9 Å². The molecule has 1 aromatic carbocycles. The molecule has 102 valence electrons. The van der Waals surface area contributed by atoms with Gasteiger partial charge in [0.25, 0.3) is 0 Å². The molecule has 0 aliphatic heterocycles. The summed E-state index contributed by atoms with van der Waals surface area (Å²) < 4.78 is 14.5. The summed E-state index contributed by atoms with van der Waals surface area (Å²) in [6.45, 7) is 9.82. The van der Waals surface area contributed by atoms with Crippen molar-refractivity contribution in [3.8, 4) is 0 Å². The van der Waals surface area contributed by atoms with E-state index in [1.807, 2.05) is 12.1 Å². The summed E-state index contributed by atoms with van der Waals surface area (Å²) in [4.78, 5) is 2.24. The highest BCUT2D eigenvalue weighted by atomic mass is 79.9. The highest BCUT2D eigenvalue weighted by Crippen LogP contribution is 2.16. The summed E-state index contributed by atoms with van der Waals surface area (Å²) in [5.74, 6) is -0.139. The number of nitrogens with zero attached hydrogens (tertiary/aromatic N) is 1. The molecule has 0 fully saturated rings. The molecule has 0 atom stereocenters. The van der Waals surface area contributed by atoms with Crippen molar-refractivity contribution >= 4 is 15.9 Å². The Labute approximate surface area is 118 Å². The summed E-state index contributed by atoms with van der Waals surface area (Å²) in [5, 5.41) is 3.38. The lowest BCUT2D eigenvalue weighted by Gasteiger charge is -2.21. The first kappa shape index (κ1) is 15.6. The second-order valence-corrected chi connectivity index (χ2v) is 5.63. The molecule has 0 bridgehead atoms. The molecule has 1 aromatic rings. The van der Waals surface area contributed by atoms with Crippen molar-refractivity contribution in [1.29, 1.82) is 0 Å². The van der Waals surface area contributed by atoms with Crippen molar-refractivity contribution in [2.45, 2.75) is 33.4 Å². The quantitative estimate of drug-likeness (QED) is 0.829. The zero-order valence-electron chi connectivity index (χ0n) is 11.3. The van der Waals surface area contributed by atoms with Crippen LogP contribution < -0.4 is 5.32 Å². The summed E-state index contributed by atoms with van der Waals surface area (Å²) >= 11 is 3.27. The summed E-state index contributed by atoms with van der Waals surface area (Å²) in [5.41, 5.74) is 0.754. The van der Waals surface area contributed by atoms with Crippen LogP contribution in [-0.2, 0) is 6.54 Å². The van der Waals surface area contributed by atoms with Gasteiger partial charge in [0, 0.05) is 35.7 Å². The Balaban J connectivity index is 2.51. The molecule has 0 heterocycles. The normalized spacial score (nSPS) is 11.5. The summed E-state index contributed by atoms with van der Waals surface area (Å²) in [6, 6.07) is 5.75. The molecule has 0 aliphatic carbocycles. The van der Waals surface area contributed by atoms with Crippen LogP contribution in [0.4, 0.5) is 4.39 Å². The first-order valence-electron chi connectivity index (χ1n) is 6.42. The zero-order chi connectivity index (χ0) is 13.5. The van der Waals surface area contributed by atoms with Gasteiger partial charge in [-0.2, -0.15) is 0 Å². The van der Waals surface area contributed by atoms with Gasteiger partial charge in [-0.05, 0) is 18.7 Å². The summed E-state index contributed by atoms with van der Waals surface area (Å²) in [7, 11) is 0. The van der Waals surface area contributed by atoms with Crippen molar-refractivity contribution in [2.24, 2.45) is 0 Å². The van der Waals surface area contributed by atoms with Gasteiger partial charge in [-0.25, -0.2) is 4.39 Å². The van der Waals surface area contributed by atoms with E-state index in [4.69, 9.17) is 0 Å². The molecule has 0 aromatic heterocycles. The number of likely N-dealkylation sites (N-methyl/N-ethyl adjacent to an activating group) is 1. The van der Waals surface area contributed by atoms with Gasteiger partial charge in [0.2, 0.25) is 0 Å². The third kappa shape index (κ3) is 5.46. The highest BCUT2D eigenvalue weighted by Gasteiger charge is 2.08. The molecule has 2 nitrogen and oxygen atoms in total. The Morgan fingerprint density at radius 1 is 1.39 bits per heavy atom. The van der Waals surface area contributed by atoms with Crippen molar-refractivity contribution in [3.63, 3.8) is 0 Å². The molecule has 0 aliphatic rings. The van der Waals surface area contributed by atoms with Gasteiger partial charge in [-0.15, -0.1) is 0 Å². The lowest BCUT2D eigenvalue weighted by atomic mass is 10.2. The van der Waals surface area contributed by atoms with Gasteiger partial charge in [0.1, 0.15) is 5.82 Å². The van der Waals surface area contributed by atoms with Gasteiger partial charge in [0.15, 0.2) is 0 Å². The third-order valence-electron chi connectivity index (χ3n) is 2.84. The Hall–Kier alpha value is -0.450. The minimum atomic E-state index is -0.139. The van der Waals surface area contributed by atoms with Crippen LogP contribution in [0.15, 0.2) is 22.7 Å². The fourth-order valence-corrected chi connectivity index (χ4v) is 2.08. The Bertz CT molecular complexity index is 369. The molecular formula is C14H22BrFN2. The van der Waals surface area contributed by atoms with Crippen LogP contribution in [0.1, 0.15) is 26.3 Å². The average molecular weight is 317 g/mol. The molecule has 0 amide bonds. The molecule has 0 unspecified atom stereocenters. The van der Waals surface area contributed by atoms with E-state index in [-0.39, 0.29) is 5.82 Å². The third-order valence-corrected chi connectivity index (χ3v) is 3.33. The number of hydrogen-bond donors (Lipinski definition) is 1. The fourth-order valence-electron chi connectivity index (χ4n) is 1.75.